The van der Waals surface area contributed by atoms with E-state index in [1.54, 1.807) is 0 Å². The number of aromatic amines is 1. The first-order chi connectivity index (χ1) is 20.8. The summed E-state index contributed by atoms with van der Waals surface area (Å²) in [4.78, 5) is 25.4. The molecule has 0 aliphatic carbocycles. The molecule has 0 aliphatic rings. The van der Waals surface area contributed by atoms with Crippen molar-refractivity contribution in [2.24, 2.45) is 0 Å². The highest BCUT2D eigenvalue weighted by Crippen LogP contribution is 2.33. The molecule has 7 nitrogen and oxygen atoms in total. The van der Waals surface area contributed by atoms with Gasteiger partial charge in [0.2, 0.25) is 0 Å². The van der Waals surface area contributed by atoms with Gasteiger partial charge in [-0.05, 0) is 76.8 Å². The van der Waals surface area contributed by atoms with Crippen molar-refractivity contribution >= 4 is 39.5 Å². The molecule has 228 valence electrons. The molecule has 2 heterocycles. The molecule has 0 fully saturated rings. The van der Waals surface area contributed by atoms with Crippen molar-refractivity contribution in [3.05, 3.63) is 59.9 Å². The van der Waals surface area contributed by atoms with E-state index in [1.807, 2.05) is 51.1 Å². The van der Waals surface area contributed by atoms with Crippen molar-refractivity contribution in [2.45, 2.75) is 104 Å². The lowest BCUT2D eigenvalue weighted by atomic mass is 9.98. The Morgan fingerprint density at radius 2 is 1.67 bits per heavy atom. The molecule has 0 bridgehead atoms. The molecule has 0 saturated heterocycles. The van der Waals surface area contributed by atoms with Gasteiger partial charge in [-0.2, -0.15) is 0 Å². The molecule has 0 radical (unpaired) electrons. The second-order valence-electron chi connectivity index (χ2n) is 12.2. The largest absolute Gasteiger partial charge is 0.444 e. The van der Waals surface area contributed by atoms with Crippen LogP contribution in [0.5, 0.6) is 0 Å². The van der Waals surface area contributed by atoms with Gasteiger partial charge in [0.25, 0.3) is 0 Å². The second-order valence-corrected chi connectivity index (χ2v) is 12.2. The Labute approximate surface area is 256 Å². The number of amides is 1. The molecule has 0 spiro atoms. The third kappa shape index (κ3) is 9.47. The number of alkyl carbamates (subject to hydrolysis) is 1. The summed E-state index contributed by atoms with van der Waals surface area (Å²) in [5, 5.41) is 7.42. The van der Waals surface area contributed by atoms with E-state index in [9.17, 15) is 4.79 Å². The molecular formula is C36H47N5O2. The van der Waals surface area contributed by atoms with Crippen LogP contribution in [0.2, 0.25) is 0 Å². The minimum atomic E-state index is -0.461. The number of hydrogen-bond acceptors (Lipinski definition) is 5. The van der Waals surface area contributed by atoms with Gasteiger partial charge in [-0.3, -0.25) is 0 Å². The van der Waals surface area contributed by atoms with Gasteiger partial charge in [-0.15, -0.1) is 0 Å². The van der Waals surface area contributed by atoms with E-state index < -0.39 is 5.60 Å². The van der Waals surface area contributed by atoms with Gasteiger partial charge in [0.1, 0.15) is 22.5 Å². The molecule has 4 aromatic rings. The van der Waals surface area contributed by atoms with Crippen molar-refractivity contribution in [1.29, 1.82) is 0 Å². The molecule has 2 aromatic carbocycles. The summed E-state index contributed by atoms with van der Waals surface area (Å²) in [7, 11) is 0. The number of aromatic nitrogens is 3. The fourth-order valence-electron chi connectivity index (χ4n) is 5.24. The smallest absolute Gasteiger partial charge is 0.407 e. The Morgan fingerprint density at radius 3 is 2.40 bits per heavy atom. The number of fused-ring (bicyclic) bond motifs is 3. The number of nitrogens with one attached hydrogen (secondary N) is 3. The van der Waals surface area contributed by atoms with E-state index in [0.29, 0.717) is 12.5 Å². The molecule has 3 N–H and O–H groups in total. The number of H-pyrrole nitrogens is 1. The Morgan fingerprint density at radius 1 is 0.953 bits per heavy atom. The minimum absolute atomic E-state index is 0.347. The molecule has 0 aliphatic heterocycles. The van der Waals surface area contributed by atoms with Crippen LogP contribution < -0.4 is 10.6 Å². The van der Waals surface area contributed by atoms with E-state index >= 15 is 0 Å². The van der Waals surface area contributed by atoms with Crippen molar-refractivity contribution in [2.75, 3.05) is 11.9 Å². The summed E-state index contributed by atoms with van der Waals surface area (Å²) < 4.78 is 5.25. The van der Waals surface area contributed by atoms with Crippen LogP contribution in [0.3, 0.4) is 0 Å². The molecule has 0 unspecified atom stereocenters. The molecule has 0 atom stereocenters. The fourth-order valence-corrected chi connectivity index (χ4v) is 5.24. The first kappa shape index (κ1) is 31.9. The molecule has 43 heavy (non-hydrogen) atoms. The van der Waals surface area contributed by atoms with Crippen molar-refractivity contribution in [3.63, 3.8) is 0 Å². The Hall–Kier alpha value is -4.05. The van der Waals surface area contributed by atoms with Gasteiger partial charge in [-0.1, -0.05) is 69.6 Å². The lowest BCUT2D eigenvalue weighted by Gasteiger charge is -2.19. The van der Waals surface area contributed by atoms with Crippen LogP contribution in [0.4, 0.5) is 16.3 Å². The predicted octanol–water partition coefficient (Wildman–Crippen LogP) is 9.37. The maximum atomic E-state index is 11.7. The van der Waals surface area contributed by atoms with Crippen LogP contribution in [0, 0.1) is 11.8 Å². The van der Waals surface area contributed by atoms with E-state index in [-0.39, 0.29) is 6.09 Å². The summed E-state index contributed by atoms with van der Waals surface area (Å²) in [6, 6.07) is 16.4. The summed E-state index contributed by atoms with van der Waals surface area (Å²) >= 11 is 0. The van der Waals surface area contributed by atoms with Gasteiger partial charge in [0.05, 0.1) is 5.52 Å². The summed E-state index contributed by atoms with van der Waals surface area (Å²) in [6.45, 7) is 10.7. The highest BCUT2D eigenvalue weighted by Gasteiger charge is 2.19. The number of carbonyl (C=O) groups excluding carboxylic acids is 1. The average molecular weight is 582 g/mol. The standard InChI is InChI=1S/C36H47N5O2/c1-6-16-27(17-7-2)33-40-31-29-19-13-14-20-30(29)39-34(32(31)41-33)38-28-23-21-26(22-24-28)18-12-10-8-9-11-15-25-37-35(42)43-36(3,4)5/h13-14,19-24,27H,6-11,15-17,25H2,1-5H3,(H,37,42)(H,38,39)(H,40,41). The first-order valence-electron chi connectivity index (χ1n) is 15.9. The van der Waals surface area contributed by atoms with Gasteiger partial charge in [0, 0.05) is 35.5 Å². The number of nitrogens with zero attached hydrogens (tertiary/aromatic N) is 2. The molecule has 0 saturated carbocycles. The Kier molecular flexibility index (Phi) is 11.4. The zero-order valence-electron chi connectivity index (χ0n) is 26.5. The Balaban J connectivity index is 1.33. The summed E-state index contributed by atoms with van der Waals surface area (Å²) in [6.07, 6.45) is 9.17. The molecule has 1 amide bonds. The quantitative estimate of drug-likeness (QED) is 0.108. The number of carbonyl (C=O) groups is 1. The van der Waals surface area contributed by atoms with Crippen molar-refractivity contribution in [3.8, 4) is 11.8 Å². The van der Waals surface area contributed by atoms with E-state index in [1.165, 1.54) is 0 Å². The summed E-state index contributed by atoms with van der Waals surface area (Å²) in [5.41, 5.74) is 4.36. The molecule has 4 rings (SSSR count). The number of unbranched alkanes of at least 4 members (excludes halogenated alkanes) is 4. The van der Waals surface area contributed by atoms with Crippen LogP contribution in [-0.4, -0.2) is 33.2 Å². The lowest BCUT2D eigenvalue weighted by molar-refractivity contribution is 0.0527. The predicted molar refractivity (Wildman–Crippen MR) is 178 cm³/mol. The maximum Gasteiger partial charge on any atom is 0.407 e. The van der Waals surface area contributed by atoms with Crippen LogP contribution in [0.25, 0.3) is 21.9 Å². The number of ether oxygens (including phenoxy) is 1. The SMILES string of the molecule is CCCC(CCC)c1nc2c([nH]1)c(Nc1ccc(C#CCCCCCCNC(=O)OC(C)(C)C)cc1)nc1ccccc12. The van der Waals surface area contributed by atoms with E-state index in [4.69, 9.17) is 14.7 Å². The molecule has 7 heteroatoms. The van der Waals surface area contributed by atoms with Crippen LogP contribution >= 0.6 is 0 Å². The van der Waals surface area contributed by atoms with Gasteiger partial charge < -0.3 is 20.4 Å². The summed E-state index contributed by atoms with van der Waals surface area (Å²) in [5.74, 6) is 8.86. The lowest BCUT2D eigenvalue weighted by Crippen LogP contribution is -2.32. The number of benzene rings is 2. The normalized spacial score (nSPS) is 11.5. The average Bonchev–Trinajstić information content (AvgIpc) is 3.42. The van der Waals surface area contributed by atoms with E-state index in [0.717, 1.165) is 103 Å². The zero-order chi connectivity index (χ0) is 30.7. The number of rotatable bonds is 13. The third-order valence-electron chi connectivity index (χ3n) is 7.29. The van der Waals surface area contributed by atoms with Crippen LogP contribution in [-0.2, 0) is 4.74 Å². The second kappa shape index (κ2) is 15.4. The highest BCUT2D eigenvalue weighted by atomic mass is 16.6. The minimum Gasteiger partial charge on any atom is -0.444 e. The van der Waals surface area contributed by atoms with Crippen LogP contribution in [0.15, 0.2) is 48.5 Å². The Bertz CT molecular complexity index is 1530. The molecule has 2 aromatic heterocycles. The highest BCUT2D eigenvalue weighted by molar-refractivity contribution is 6.07. The zero-order valence-corrected chi connectivity index (χ0v) is 26.5. The molecular weight excluding hydrogens is 534 g/mol. The first-order valence-corrected chi connectivity index (χ1v) is 15.9. The van der Waals surface area contributed by atoms with Gasteiger partial charge in [0.15, 0.2) is 5.82 Å². The topological polar surface area (TPSA) is 91.9 Å². The van der Waals surface area contributed by atoms with Gasteiger partial charge >= 0.3 is 6.09 Å². The maximum absolute atomic E-state index is 11.7. The van der Waals surface area contributed by atoms with E-state index in [2.05, 4.69) is 59.5 Å². The number of para-hydroxylation sites is 1. The number of pyridine rings is 1. The third-order valence-corrected chi connectivity index (χ3v) is 7.29. The van der Waals surface area contributed by atoms with Gasteiger partial charge in [-0.25, -0.2) is 14.8 Å². The number of hydrogen-bond donors (Lipinski definition) is 3. The number of anilines is 2. The monoisotopic (exact) mass is 581 g/mol. The van der Waals surface area contributed by atoms with Crippen molar-refractivity contribution in [1.82, 2.24) is 20.3 Å². The van der Waals surface area contributed by atoms with Crippen molar-refractivity contribution < 1.29 is 9.53 Å². The fraction of sp³-hybridized carbons (Fsp3) is 0.472. The van der Waals surface area contributed by atoms with Crippen LogP contribution in [0.1, 0.15) is 110 Å². The number of imidazole rings is 1.